The van der Waals surface area contributed by atoms with Gasteiger partial charge in [-0.2, -0.15) is 0 Å². The first-order valence-electron chi connectivity index (χ1n) is 6.00. The molecule has 2 aromatic carbocycles. The van der Waals surface area contributed by atoms with Crippen molar-refractivity contribution in [2.45, 2.75) is 0 Å². The first-order valence-corrected chi connectivity index (χ1v) is 6.00. The molecule has 0 aliphatic carbocycles. The molecule has 0 unspecified atom stereocenters. The number of methoxy groups -OCH3 is 1. The first kappa shape index (κ1) is 14.3. The minimum atomic E-state index is -0.546. The number of amides is 1. The van der Waals surface area contributed by atoms with Crippen molar-refractivity contribution in [2.24, 2.45) is 0 Å². The highest BCUT2D eigenvalue weighted by Gasteiger charge is 2.14. The van der Waals surface area contributed by atoms with E-state index in [-0.39, 0.29) is 11.4 Å². The minimum Gasteiger partial charge on any atom is -0.495 e. The van der Waals surface area contributed by atoms with Crippen molar-refractivity contribution >= 4 is 23.0 Å². The van der Waals surface area contributed by atoms with E-state index in [0.717, 1.165) is 0 Å². The number of hydrogen-bond acceptors (Lipinski definition) is 5. The Balaban J connectivity index is 2.31. The van der Waals surface area contributed by atoms with Gasteiger partial charge in [-0.3, -0.25) is 14.9 Å². The standard InChI is InChI=1S/C14H13N3O4/c1-21-13-6-5-11(17(19)20)8-12(13)16-14(18)9-3-2-4-10(15)7-9/h2-8H,15H2,1H3,(H,16,18). The Labute approximate surface area is 120 Å². The lowest BCUT2D eigenvalue weighted by Crippen LogP contribution is -2.13. The lowest BCUT2D eigenvalue weighted by Gasteiger charge is -2.10. The number of nitro benzene ring substituents is 1. The maximum atomic E-state index is 12.1. The van der Waals surface area contributed by atoms with Crippen LogP contribution >= 0.6 is 0 Å². The van der Waals surface area contributed by atoms with Gasteiger partial charge in [0.1, 0.15) is 5.75 Å². The van der Waals surface area contributed by atoms with Gasteiger partial charge in [0.2, 0.25) is 0 Å². The number of nitrogens with zero attached hydrogens (tertiary/aromatic N) is 1. The third-order valence-corrected chi connectivity index (χ3v) is 2.79. The summed E-state index contributed by atoms with van der Waals surface area (Å²) in [7, 11) is 1.41. The summed E-state index contributed by atoms with van der Waals surface area (Å²) in [5.74, 6) is -0.0982. The first-order chi connectivity index (χ1) is 10.0. The molecule has 7 heteroatoms. The number of benzene rings is 2. The van der Waals surface area contributed by atoms with Gasteiger partial charge in [-0.05, 0) is 24.3 Å². The average molecular weight is 287 g/mol. The molecule has 0 aromatic heterocycles. The Bertz CT molecular complexity index is 700. The van der Waals surface area contributed by atoms with E-state index in [0.29, 0.717) is 17.0 Å². The van der Waals surface area contributed by atoms with Gasteiger partial charge in [0, 0.05) is 23.4 Å². The molecule has 3 N–H and O–H groups in total. The number of carbonyl (C=O) groups is 1. The zero-order chi connectivity index (χ0) is 15.4. The van der Waals surface area contributed by atoms with Crippen LogP contribution < -0.4 is 15.8 Å². The van der Waals surface area contributed by atoms with Crippen LogP contribution in [0.5, 0.6) is 5.75 Å². The van der Waals surface area contributed by atoms with E-state index < -0.39 is 10.8 Å². The van der Waals surface area contributed by atoms with E-state index in [1.807, 2.05) is 0 Å². The van der Waals surface area contributed by atoms with Crippen LogP contribution in [0.25, 0.3) is 0 Å². The number of nitrogen functional groups attached to an aromatic ring is 1. The SMILES string of the molecule is COc1ccc([N+](=O)[O-])cc1NC(=O)c1cccc(N)c1. The third kappa shape index (κ3) is 3.27. The van der Waals surface area contributed by atoms with E-state index in [1.165, 1.54) is 31.4 Å². The number of nitro groups is 1. The molecule has 108 valence electrons. The van der Waals surface area contributed by atoms with Crippen LogP contribution in [-0.4, -0.2) is 17.9 Å². The maximum Gasteiger partial charge on any atom is 0.271 e. The summed E-state index contributed by atoms with van der Waals surface area (Å²) in [4.78, 5) is 22.4. The molecule has 0 aliphatic rings. The fourth-order valence-corrected chi connectivity index (χ4v) is 1.78. The van der Waals surface area contributed by atoms with Crippen LogP contribution in [-0.2, 0) is 0 Å². The Morgan fingerprint density at radius 2 is 2.05 bits per heavy atom. The molecule has 0 heterocycles. The highest BCUT2D eigenvalue weighted by molar-refractivity contribution is 6.05. The van der Waals surface area contributed by atoms with E-state index in [4.69, 9.17) is 10.5 Å². The molecule has 21 heavy (non-hydrogen) atoms. The summed E-state index contributed by atoms with van der Waals surface area (Å²) in [5.41, 5.74) is 6.50. The van der Waals surface area contributed by atoms with Crippen molar-refractivity contribution in [3.8, 4) is 5.75 Å². The summed E-state index contributed by atoms with van der Waals surface area (Å²) in [5, 5.41) is 13.4. The fraction of sp³-hybridized carbons (Fsp3) is 0.0714. The van der Waals surface area contributed by atoms with Crippen LogP contribution in [0, 0.1) is 10.1 Å². The Kier molecular flexibility index (Phi) is 4.03. The molecule has 7 nitrogen and oxygen atoms in total. The largest absolute Gasteiger partial charge is 0.495 e. The monoisotopic (exact) mass is 287 g/mol. The summed E-state index contributed by atoms with van der Waals surface area (Å²) in [6.45, 7) is 0. The van der Waals surface area contributed by atoms with Gasteiger partial charge in [-0.15, -0.1) is 0 Å². The summed E-state index contributed by atoms with van der Waals surface area (Å²) < 4.78 is 5.08. The molecule has 0 saturated heterocycles. The summed E-state index contributed by atoms with van der Waals surface area (Å²) in [6.07, 6.45) is 0. The Morgan fingerprint density at radius 3 is 2.67 bits per heavy atom. The number of rotatable bonds is 4. The van der Waals surface area contributed by atoms with E-state index in [9.17, 15) is 14.9 Å². The number of carbonyl (C=O) groups excluding carboxylic acids is 1. The van der Waals surface area contributed by atoms with E-state index in [1.54, 1.807) is 18.2 Å². The van der Waals surface area contributed by atoms with Crippen LogP contribution in [0.15, 0.2) is 42.5 Å². The molecule has 0 radical (unpaired) electrons. The quantitative estimate of drug-likeness (QED) is 0.510. The van der Waals surface area contributed by atoms with Crippen molar-refractivity contribution in [1.82, 2.24) is 0 Å². The molecule has 0 atom stereocenters. The Hall–Kier alpha value is -3.09. The topological polar surface area (TPSA) is 107 Å². The number of nitrogens with one attached hydrogen (secondary N) is 1. The highest BCUT2D eigenvalue weighted by Crippen LogP contribution is 2.29. The molecule has 1 amide bonds. The fourth-order valence-electron chi connectivity index (χ4n) is 1.78. The van der Waals surface area contributed by atoms with Crippen LogP contribution in [0.4, 0.5) is 17.1 Å². The number of nitrogens with two attached hydrogens (primary N) is 1. The van der Waals surface area contributed by atoms with Crippen LogP contribution in [0.2, 0.25) is 0 Å². The number of anilines is 2. The Morgan fingerprint density at radius 1 is 1.29 bits per heavy atom. The zero-order valence-electron chi connectivity index (χ0n) is 11.2. The summed E-state index contributed by atoms with van der Waals surface area (Å²) in [6, 6.07) is 10.4. The number of non-ortho nitro benzene ring substituents is 1. The average Bonchev–Trinajstić information content (AvgIpc) is 2.47. The van der Waals surface area contributed by atoms with Gasteiger partial charge in [-0.25, -0.2) is 0 Å². The smallest absolute Gasteiger partial charge is 0.271 e. The highest BCUT2D eigenvalue weighted by atomic mass is 16.6. The van der Waals surface area contributed by atoms with Crippen molar-refractivity contribution in [2.75, 3.05) is 18.2 Å². The normalized spacial score (nSPS) is 9.95. The molecule has 2 aromatic rings. The van der Waals surface area contributed by atoms with Gasteiger partial charge in [0.15, 0.2) is 0 Å². The van der Waals surface area contributed by atoms with Crippen molar-refractivity contribution in [1.29, 1.82) is 0 Å². The third-order valence-electron chi connectivity index (χ3n) is 2.79. The van der Waals surface area contributed by atoms with Crippen molar-refractivity contribution in [3.63, 3.8) is 0 Å². The molecule has 0 aliphatic heterocycles. The second-order valence-electron chi connectivity index (χ2n) is 4.22. The predicted octanol–water partition coefficient (Wildman–Crippen LogP) is 2.44. The van der Waals surface area contributed by atoms with Gasteiger partial charge in [-0.1, -0.05) is 6.07 Å². The second-order valence-corrected chi connectivity index (χ2v) is 4.22. The number of hydrogen-bond donors (Lipinski definition) is 2. The van der Waals surface area contributed by atoms with Crippen LogP contribution in [0.3, 0.4) is 0 Å². The van der Waals surface area contributed by atoms with Gasteiger partial charge >= 0.3 is 0 Å². The molecule has 0 saturated carbocycles. The van der Waals surface area contributed by atoms with E-state index in [2.05, 4.69) is 5.32 Å². The summed E-state index contributed by atoms with van der Waals surface area (Å²) >= 11 is 0. The van der Waals surface area contributed by atoms with Gasteiger partial charge in [0.25, 0.3) is 11.6 Å². The molecular formula is C14H13N3O4. The van der Waals surface area contributed by atoms with Crippen molar-refractivity contribution < 1.29 is 14.5 Å². The molecule has 2 rings (SSSR count). The molecule has 0 bridgehead atoms. The van der Waals surface area contributed by atoms with Crippen molar-refractivity contribution in [3.05, 3.63) is 58.1 Å². The maximum absolute atomic E-state index is 12.1. The lowest BCUT2D eigenvalue weighted by molar-refractivity contribution is -0.384. The minimum absolute atomic E-state index is 0.140. The van der Waals surface area contributed by atoms with E-state index >= 15 is 0 Å². The molecule has 0 fully saturated rings. The predicted molar refractivity (Wildman–Crippen MR) is 78.5 cm³/mol. The second kappa shape index (κ2) is 5.91. The number of ether oxygens (including phenoxy) is 1. The zero-order valence-corrected chi connectivity index (χ0v) is 11.2. The lowest BCUT2D eigenvalue weighted by atomic mass is 10.2. The molecular weight excluding hydrogens is 274 g/mol. The molecule has 0 spiro atoms. The van der Waals surface area contributed by atoms with Gasteiger partial charge in [0.05, 0.1) is 17.7 Å². The van der Waals surface area contributed by atoms with Gasteiger partial charge < -0.3 is 15.8 Å². The van der Waals surface area contributed by atoms with Crippen LogP contribution in [0.1, 0.15) is 10.4 Å².